The van der Waals surface area contributed by atoms with Crippen LogP contribution >= 0.6 is 11.3 Å². The number of methoxy groups -OCH3 is 1. The second-order valence-electron chi connectivity index (χ2n) is 4.39. The van der Waals surface area contributed by atoms with Crippen molar-refractivity contribution >= 4 is 11.3 Å². The minimum atomic E-state index is 0.159. The monoisotopic (exact) mass is 276 g/mol. The first-order valence-corrected chi connectivity index (χ1v) is 7.44. The van der Waals surface area contributed by atoms with Crippen LogP contribution in [0.15, 0.2) is 35.8 Å². The normalized spacial score (nSPS) is 12.5. The van der Waals surface area contributed by atoms with Gasteiger partial charge in [-0.1, -0.05) is 31.2 Å². The van der Waals surface area contributed by atoms with E-state index >= 15 is 0 Å². The Kier molecular flexibility index (Phi) is 5.51. The van der Waals surface area contributed by atoms with Crippen molar-refractivity contribution in [1.29, 1.82) is 0 Å². The van der Waals surface area contributed by atoms with Gasteiger partial charge in [0.25, 0.3) is 0 Å². The molecule has 102 valence electrons. The van der Waals surface area contributed by atoms with E-state index < -0.39 is 0 Å². The molecule has 1 aromatic carbocycles. The maximum atomic E-state index is 5.30. The van der Waals surface area contributed by atoms with E-state index in [9.17, 15) is 0 Å². The van der Waals surface area contributed by atoms with E-state index in [0.717, 1.165) is 18.0 Å². The Morgan fingerprint density at radius 2 is 2.21 bits per heavy atom. The largest absolute Gasteiger partial charge is 0.380 e. The molecule has 0 amide bonds. The van der Waals surface area contributed by atoms with Crippen molar-refractivity contribution in [3.63, 3.8) is 0 Å². The third-order valence-electron chi connectivity index (χ3n) is 2.96. The molecule has 1 heterocycles. The SMILES string of the molecule is CCCNC(c1nccs1)c1ccccc1COC. The molecule has 0 radical (unpaired) electrons. The summed E-state index contributed by atoms with van der Waals surface area (Å²) in [7, 11) is 1.73. The predicted molar refractivity (Wildman–Crippen MR) is 79.4 cm³/mol. The zero-order valence-corrected chi connectivity index (χ0v) is 12.2. The topological polar surface area (TPSA) is 34.2 Å². The fourth-order valence-electron chi connectivity index (χ4n) is 2.10. The summed E-state index contributed by atoms with van der Waals surface area (Å²) in [6.07, 6.45) is 2.97. The number of nitrogens with zero attached hydrogens (tertiary/aromatic N) is 1. The Labute approximate surface area is 118 Å². The molecular formula is C15H20N2OS. The van der Waals surface area contributed by atoms with Gasteiger partial charge in [0.2, 0.25) is 0 Å². The lowest BCUT2D eigenvalue weighted by Gasteiger charge is -2.19. The van der Waals surface area contributed by atoms with Crippen LogP contribution in [0, 0.1) is 0 Å². The third-order valence-corrected chi connectivity index (χ3v) is 3.80. The van der Waals surface area contributed by atoms with Gasteiger partial charge in [-0.15, -0.1) is 11.3 Å². The molecule has 19 heavy (non-hydrogen) atoms. The van der Waals surface area contributed by atoms with Gasteiger partial charge in [-0.2, -0.15) is 0 Å². The number of hydrogen-bond donors (Lipinski definition) is 1. The molecule has 2 aromatic rings. The van der Waals surface area contributed by atoms with Gasteiger partial charge in [-0.3, -0.25) is 0 Å². The molecule has 1 aromatic heterocycles. The van der Waals surface area contributed by atoms with Crippen molar-refractivity contribution in [1.82, 2.24) is 10.3 Å². The summed E-state index contributed by atoms with van der Waals surface area (Å²) in [5.41, 5.74) is 2.47. The Morgan fingerprint density at radius 1 is 1.37 bits per heavy atom. The molecule has 0 spiro atoms. The standard InChI is InChI=1S/C15H20N2OS/c1-3-8-16-14(15-17-9-10-19-15)13-7-5-4-6-12(13)11-18-2/h4-7,9-10,14,16H,3,8,11H2,1-2H3. The molecule has 0 aliphatic rings. The zero-order valence-electron chi connectivity index (χ0n) is 11.4. The molecule has 2 rings (SSSR count). The Hall–Kier alpha value is -1.23. The molecule has 4 heteroatoms. The molecule has 0 aliphatic heterocycles. The van der Waals surface area contributed by atoms with Gasteiger partial charge in [0.05, 0.1) is 12.6 Å². The lowest BCUT2D eigenvalue weighted by molar-refractivity contribution is 0.183. The number of benzene rings is 1. The molecule has 0 fully saturated rings. The molecule has 1 atom stereocenters. The van der Waals surface area contributed by atoms with Gasteiger partial charge in [0.1, 0.15) is 5.01 Å². The molecule has 3 nitrogen and oxygen atoms in total. The fraction of sp³-hybridized carbons (Fsp3) is 0.400. The first-order valence-electron chi connectivity index (χ1n) is 6.56. The molecular weight excluding hydrogens is 256 g/mol. The first-order chi connectivity index (χ1) is 9.36. The molecule has 0 bridgehead atoms. The van der Waals surface area contributed by atoms with Crippen molar-refractivity contribution in [2.24, 2.45) is 0 Å². The van der Waals surface area contributed by atoms with Gasteiger partial charge in [-0.25, -0.2) is 4.98 Å². The average molecular weight is 276 g/mol. The van der Waals surface area contributed by atoms with E-state index in [2.05, 4.69) is 41.5 Å². The summed E-state index contributed by atoms with van der Waals surface area (Å²) in [4.78, 5) is 4.46. The van der Waals surface area contributed by atoms with Crippen molar-refractivity contribution in [3.05, 3.63) is 52.0 Å². The highest BCUT2D eigenvalue weighted by Gasteiger charge is 2.18. The highest BCUT2D eigenvalue weighted by Crippen LogP contribution is 2.27. The van der Waals surface area contributed by atoms with Gasteiger partial charge < -0.3 is 10.1 Å². The minimum Gasteiger partial charge on any atom is -0.380 e. The lowest BCUT2D eigenvalue weighted by Crippen LogP contribution is -2.24. The summed E-state index contributed by atoms with van der Waals surface area (Å²) in [5.74, 6) is 0. The fourth-order valence-corrected chi connectivity index (χ4v) is 2.83. The average Bonchev–Trinajstić information content (AvgIpc) is 2.95. The maximum absolute atomic E-state index is 5.30. The Balaban J connectivity index is 2.32. The Morgan fingerprint density at radius 3 is 2.89 bits per heavy atom. The number of rotatable bonds is 7. The van der Waals surface area contributed by atoms with Gasteiger partial charge in [0, 0.05) is 18.7 Å². The third kappa shape index (κ3) is 3.62. The second-order valence-corrected chi connectivity index (χ2v) is 5.32. The molecule has 0 saturated carbocycles. The van der Waals surface area contributed by atoms with Gasteiger partial charge in [0.15, 0.2) is 0 Å². The number of aromatic nitrogens is 1. The number of thiazole rings is 1. The van der Waals surface area contributed by atoms with Crippen LogP contribution < -0.4 is 5.32 Å². The van der Waals surface area contributed by atoms with Crippen LogP contribution in [-0.4, -0.2) is 18.6 Å². The van der Waals surface area contributed by atoms with Crippen LogP contribution in [0.2, 0.25) is 0 Å². The van der Waals surface area contributed by atoms with Crippen LogP contribution in [0.25, 0.3) is 0 Å². The summed E-state index contributed by atoms with van der Waals surface area (Å²) < 4.78 is 5.30. The van der Waals surface area contributed by atoms with Crippen molar-refractivity contribution in [2.45, 2.75) is 26.0 Å². The quantitative estimate of drug-likeness (QED) is 0.842. The van der Waals surface area contributed by atoms with E-state index in [1.165, 1.54) is 11.1 Å². The van der Waals surface area contributed by atoms with Crippen molar-refractivity contribution in [3.8, 4) is 0 Å². The van der Waals surface area contributed by atoms with Gasteiger partial charge >= 0.3 is 0 Å². The van der Waals surface area contributed by atoms with Crippen LogP contribution in [0.5, 0.6) is 0 Å². The highest BCUT2D eigenvalue weighted by molar-refractivity contribution is 7.09. The van der Waals surface area contributed by atoms with E-state index in [1.54, 1.807) is 18.4 Å². The molecule has 0 saturated heterocycles. The molecule has 0 aliphatic carbocycles. The first kappa shape index (κ1) is 14.2. The number of hydrogen-bond acceptors (Lipinski definition) is 4. The lowest BCUT2D eigenvalue weighted by atomic mass is 10.0. The summed E-state index contributed by atoms with van der Waals surface area (Å²) in [6.45, 7) is 3.78. The Bertz CT molecular complexity index is 485. The van der Waals surface area contributed by atoms with Crippen molar-refractivity contribution in [2.75, 3.05) is 13.7 Å². The number of nitrogens with one attached hydrogen (secondary N) is 1. The van der Waals surface area contributed by atoms with Crippen LogP contribution in [0.4, 0.5) is 0 Å². The van der Waals surface area contributed by atoms with Crippen LogP contribution in [0.1, 0.15) is 35.5 Å². The van der Waals surface area contributed by atoms with Gasteiger partial charge in [-0.05, 0) is 24.1 Å². The van der Waals surface area contributed by atoms with E-state index in [-0.39, 0.29) is 6.04 Å². The summed E-state index contributed by atoms with van der Waals surface area (Å²) in [6, 6.07) is 8.56. The van der Waals surface area contributed by atoms with E-state index in [0.29, 0.717) is 6.61 Å². The highest BCUT2D eigenvalue weighted by atomic mass is 32.1. The molecule has 1 unspecified atom stereocenters. The summed E-state index contributed by atoms with van der Waals surface area (Å²) in [5, 5.41) is 6.71. The van der Waals surface area contributed by atoms with E-state index in [1.807, 2.05) is 11.6 Å². The zero-order chi connectivity index (χ0) is 13.5. The minimum absolute atomic E-state index is 0.159. The predicted octanol–water partition coefficient (Wildman–Crippen LogP) is 3.38. The van der Waals surface area contributed by atoms with Crippen LogP contribution in [-0.2, 0) is 11.3 Å². The maximum Gasteiger partial charge on any atom is 0.114 e. The summed E-state index contributed by atoms with van der Waals surface area (Å²) >= 11 is 1.69. The molecule has 1 N–H and O–H groups in total. The second kappa shape index (κ2) is 7.38. The van der Waals surface area contributed by atoms with Crippen molar-refractivity contribution < 1.29 is 4.74 Å². The van der Waals surface area contributed by atoms with Crippen LogP contribution in [0.3, 0.4) is 0 Å². The van der Waals surface area contributed by atoms with E-state index in [4.69, 9.17) is 4.74 Å². The smallest absolute Gasteiger partial charge is 0.114 e. The number of ether oxygens (including phenoxy) is 1.